The molecule has 22 heavy (non-hydrogen) atoms. The topological polar surface area (TPSA) is 67.6 Å². The second-order valence-electron chi connectivity index (χ2n) is 4.89. The molecule has 5 nitrogen and oxygen atoms in total. The van der Waals surface area contributed by atoms with Crippen molar-refractivity contribution < 1.29 is 14.3 Å². The van der Waals surface area contributed by atoms with Crippen molar-refractivity contribution in [2.45, 2.75) is 13.0 Å². The van der Waals surface area contributed by atoms with Gasteiger partial charge in [0.1, 0.15) is 5.82 Å². The van der Waals surface area contributed by atoms with E-state index < -0.39 is 0 Å². The first-order valence-electron chi connectivity index (χ1n) is 6.86. The van der Waals surface area contributed by atoms with Crippen molar-refractivity contribution in [3.05, 3.63) is 34.1 Å². The number of nitriles is 1. The molecule has 0 saturated heterocycles. The summed E-state index contributed by atoms with van der Waals surface area (Å²) in [6.07, 6.45) is 0.266. The normalized spacial score (nSPS) is 10.5. The van der Waals surface area contributed by atoms with Crippen LogP contribution in [0.25, 0.3) is 0 Å². The van der Waals surface area contributed by atoms with E-state index >= 15 is 0 Å². The number of carbonyl (C=O) groups is 1. The van der Waals surface area contributed by atoms with E-state index in [0.29, 0.717) is 12.1 Å². The number of halogens is 2. The first-order chi connectivity index (χ1) is 10.5. The highest BCUT2D eigenvalue weighted by atomic mass is 79.9. The highest BCUT2D eigenvalue weighted by Gasteiger charge is 2.16. The lowest BCUT2D eigenvalue weighted by Gasteiger charge is -2.24. The molecule has 0 heterocycles. The fourth-order valence-electron chi connectivity index (χ4n) is 1.92. The Morgan fingerprint density at radius 1 is 1.45 bits per heavy atom. The van der Waals surface area contributed by atoms with Crippen LogP contribution in [0.4, 0.5) is 4.39 Å². The number of hydrogen-bond acceptors (Lipinski definition) is 4. The maximum atomic E-state index is 13.8. The van der Waals surface area contributed by atoms with Crippen LogP contribution in [-0.2, 0) is 11.3 Å². The Labute approximate surface area is 138 Å². The lowest BCUT2D eigenvalue weighted by Crippen LogP contribution is -2.39. The van der Waals surface area contributed by atoms with Crippen molar-refractivity contribution in [2.75, 3.05) is 33.3 Å². The molecular formula is C15H19BrFN3O2. The summed E-state index contributed by atoms with van der Waals surface area (Å²) < 4.78 is 14.5. The van der Waals surface area contributed by atoms with Gasteiger partial charge in [0, 0.05) is 36.7 Å². The SMILES string of the molecule is CN(CCC#N)C(=O)CN(CCO)Cc1cc(Br)ccc1F. The van der Waals surface area contributed by atoms with Crippen molar-refractivity contribution in [2.24, 2.45) is 0 Å². The van der Waals surface area contributed by atoms with Crippen LogP contribution in [0.1, 0.15) is 12.0 Å². The van der Waals surface area contributed by atoms with Crippen molar-refractivity contribution in [1.29, 1.82) is 5.26 Å². The molecule has 1 aromatic carbocycles. The molecule has 7 heteroatoms. The smallest absolute Gasteiger partial charge is 0.236 e. The van der Waals surface area contributed by atoms with E-state index in [9.17, 15) is 9.18 Å². The van der Waals surface area contributed by atoms with Gasteiger partial charge in [0.2, 0.25) is 5.91 Å². The second kappa shape index (κ2) is 9.51. The molecule has 0 spiro atoms. The summed E-state index contributed by atoms with van der Waals surface area (Å²) in [4.78, 5) is 15.2. The quantitative estimate of drug-likeness (QED) is 0.755. The third-order valence-corrected chi connectivity index (χ3v) is 3.65. The van der Waals surface area contributed by atoms with Gasteiger partial charge in [-0.3, -0.25) is 9.69 Å². The van der Waals surface area contributed by atoms with Crippen LogP contribution in [0.5, 0.6) is 0 Å². The van der Waals surface area contributed by atoms with Crippen molar-refractivity contribution in [1.82, 2.24) is 9.80 Å². The maximum Gasteiger partial charge on any atom is 0.236 e. The Morgan fingerprint density at radius 2 is 2.18 bits per heavy atom. The number of benzene rings is 1. The summed E-state index contributed by atoms with van der Waals surface area (Å²) in [6.45, 7) is 0.792. The lowest BCUT2D eigenvalue weighted by atomic mass is 10.2. The molecule has 1 rings (SSSR count). The number of nitrogens with zero attached hydrogens (tertiary/aromatic N) is 3. The number of hydrogen-bond donors (Lipinski definition) is 1. The van der Waals surface area contributed by atoms with Crippen LogP contribution in [0.15, 0.2) is 22.7 Å². The number of rotatable bonds is 8. The van der Waals surface area contributed by atoms with Crippen LogP contribution < -0.4 is 0 Å². The minimum atomic E-state index is -0.351. The number of carbonyl (C=O) groups excluding carboxylic acids is 1. The summed E-state index contributed by atoms with van der Waals surface area (Å²) in [7, 11) is 1.62. The summed E-state index contributed by atoms with van der Waals surface area (Å²) in [6, 6.07) is 6.61. The van der Waals surface area contributed by atoms with Gasteiger partial charge in [-0.25, -0.2) is 4.39 Å². The monoisotopic (exact) mass is 371 g/mol. The molecule has 0 aliphatic heterocycles. The molecule has 1 N–H and O–H groups in total. The summed E-state index contributed by atoms with van der Waals surface area (Å²) in [5, 5.41) is 17.7. The third kappa shape index (κ3) is 6.10. The van der Waals surface area contributed by atoms with E-state index in [0.717, 1.165) is 4.47 Å². The van der Waals surface area contributed by atoms with Gasteiger partial charge in [0.05, 0.1) is 25.6 Å². The maximum absolute atomic E-state index is 13.8. The Balaban J connectivity index is 2.71. The lowest BCUT2D eigenvalue weighted by molar-refractivity contribution is -0.131. The van der Waals surface area contributed by atoms with Crippen molar-refractivity contribution in [3.8, 4) is 6.07 Å². The molecule has 0 aromatic heterocycles. The molecule has 0 unspecified atom stereocenters. The van der Waals surface area contributed by atoms with Gasteiger partial charge in [-0.15, -0.1) is 0 Å². The van der Waals surface area contributed by atoms with Gasteiger partial charge >= 0.3 is 0 Å². The van der Waals surface area contributed by atoms with Crippen LogP contribution >= 0.6 is 15.9 Å². The van der Waals surface area contributed by atoms with Crippen molar-refractivity contribution >= 4 is 21.8 Å². The molecule has 0 radical (unpaired) electrons. The minimum Gasteiger partial charge on any atom is -0.395 e. The largest absolute Gasteiger partial charge is 0.395 e. The highest BCUT2D eigenvalue weighted by Crippen LogP contribution is 2.17. The molecule has 1 aromatic rings. The average molecular weight is 372 g/mol. The Kier molecular flexibility index (Phi) is 8.02. The zero-order valence-electron chi connectivity index (χ0n) is 12.4. The molecular weight excluding hydrogens is 353 g/mol. The summed E-state index contributed by atoms with van der Waals surface area (Å²) >= 11 is 3.29. The van der Waals surface area contributed by atoms with Gasteiger partial charge in [0.15, 0.2) is 0 Å². The van der Waals surface area contributed by atoms with Crippen LogP contribution in [0, 0.1) is 17.1 Å². The Morgan fingerprint density at radius 3 is 2.82 bits per heavy atom. The minimum absolute atomic E-state index is 0.0639. The van der Waals surface area contributed by atoms with Gasteiger partial charge in [-0.05, 0) is 18.2 Å². The second-order valence-corrected chi connectivity index (χ2v) is 5.81. The molecule has 0 fully saturated rings. The van der Waals surface area contributed by atoms with E-state index in [-0.39, 0.29) is 44.4 Å². The molecule has 120 valence electrons. The zero-order valence-corrected chi connectivity index (χ0v) is 14.0. The van der Waals surface area contributed by atoms with Crippen LogP contribution in [0.2, 0.25) is 0 Å². The van der Waals surface area contributed by atoms with Crippen LogP contribution in [-0.4, -0.2) is 54.1 Å². The number of amides is 1. The number of aliphatic hydroxyl groups excluding tert-OH is 1. The Hall–Kier alpha value is -1.49. The molecule has 0 saturated carbocycles. The molecule has 0 atom stereocenters. The van der Waals surface area contributed by atoms with E-state index in [1.165, 1.54) is 11.0 Å². The average Bonchev–Trinajstić information content (AvgIpc) is 2.48. The Bertz CT molecular complexity index is 548. The fraction of sp³-hybridized carbons (Fsp3) is 0.467. The van der Waals surface area contributed by atoms with Crippen molar-refractivity contribution in [3.63, 3.8) is 0 Å². The predicted octanol–water partition coefficient (Wildman–Crippen LogP) is 1.75. The van der Waals surface area contributed by atoms with Gasteiger partial charge in [-0.1, -0.05) is 15.9 Å². The fourth-order valence-corrected chi connectivity index (χ4v) is 2.32. The molecule has 1 amide bonds. The summed E-state index contributed by atoms with van der Waals surface area (Å²) in [5.41, 5.74) is 0.454. The van der Waals surface area contributed by atoms with E-state index in [2.05, 4.69) is 15.9 Å². The van der Waals surface area contributed by atoms with Crippen LogP contribution in [0.3, 0.4) is 0 Å². The molecule has 0 aliphatic rings. The first kappa shape index (κ1) is 18.6. The van der Waals surface area contributed by atoms with Gasteiger partial charge < -0.3 is 10.0 Å². The summed E-state index contributed by atoms with van der Waals surface area (Å²) in [5.74, 6) is -0.518. The number of likely N-dealkylation sites (N-methyl/N-ethyl adjacent to an activating group) is 1. The highest BCUT2D eigenvalue weighted by molar-refractivity contribution is 9.10. The van der Waals surface area contributed by atoms with E-state index in [1.54, 1.807) is 24.1 Å². The zero-order chi connectivity index (χ0) is 16.5. The first-order valence-corrected chi connectivity index (χ1v) is 7.65. The van der Waals surface area contributed by atoms with E-state index in [4.69, 9.17) is 10.4 Å². The van der Waals surface area contributed by atoms with Gasteiger partial charge in [-0.2, -0.15) is 5.26 Å². The predicted molar refractivity (Wildman–Crippen MR) is 84.3 cm³/mol. The standard InChI is InChI=1S/C15H19BrFN3O2/c1-19(6-2-5-18)15(22)11-20(7-8-21)10-12-9-13(16)3-4-14(12)17/h3-4,9,21H,2,6-8,10-11H2,1H3. The molecule has 0 aliphatic carbocycles. The third-order valence-electron chi connectivity index (χ3n) is 3.16. The van der Waals surface area contributed by atoms with E-state index in [1.807, 2.05) is 6.07 Å². The number of aliphatic hydroxyl groups is 1. The molecule has 0 bridgehead atoms. The van der Waals surface area contributed by atoms with Gasteiger partial charge in [0.25, 0.3) is 0 Å².